The van der Waals surface area contributed by atoms with Crippen molar-refractivity contribution in [3.63, 3.8) is 0 Å². The fraction of sp³-hybridized carbons (Fsp3) is 0.652. The Balaban J connectivity index is 1.44. The lowest BCUT2D eigenvalue weighted by molar-refractivity contribution is 0.202. The molecule has 1 heterocycles. The van der Waals surface area contributed by atoms with Gasteiger partial charge in [-0.05, 0) is 56.7 Å². The van der Waals surface area contributed by atoms with E-state index in [0.717, 1.165) is 12.4 Å². The van der Waals surface area contributed by atoms with E-state index in [9.17, 15) is 0 Å². The van der Waals surface area contributed by atoms with Gasteiger partial charge in [0, 0.05) is 0 Å². The third-order valence-corrected chi connectivity index (χ3v) is 4.84. The summed E-state index contributed by atoms with van der Waals surface area (Å²) in [6.45, 7) is 5.76. The maximum atomic E-state index is 5.77. The maximum Gasteiger partial charge on any atom is 0.123 e. The predicted octanol–water partition coefficient (Wildman–Crippen LogP) is 6.48. The van der Waals surface area contributed by atoms with Gasteiger partial charge in [-0.1, -0.05) is 63.3 Å². The lowest BCUT2D eigenvalue weighted by Gasteiger charge is -2.09. The topological polar surface area (TPSA) is 21.8 Å². The van der Waals surface area contributed by atoms with Crippen LogP contribution >= 0.6 is 0 Å². The Morgan fingerprint density at radius 1 is 0.960 bits per heavy atom. The molecule has 1 aromatic rings. The van der Waals surface area contributed by atoms with Gasteiger partial charge >= 0.3 is 0 Å². The van der Waals surface area contributed by atoms with Crippen molar-refractivity contribution in [3.05, 3.63) is 42.0 Å². The number of ether oxygens (including phenoxy) is 2. The fourth-order valence-electron chi connectivity index (χ4n) is 2.95. The molecule has 1 aromatic carbocycles. The summed E-state index contributed by atoms with van der Waals surface area (Å²) in [6, 6.07) is 8.59. The number of hydrogen-bond acceptors (Lipinski definition) is 2. The maximum absolute atomic E-state index is 5.77. The smallest absolute Gasteiger partial charge is 0.123 e. The normalized spacial score (nSPS) is 19.4. The molecule has 0 aliphatic carbocycles. The predicted molar refractivity (Wildman–Crippen MR) is 106 cm³/mol. The van der Waals surface area contributed by atoms with Gasteiger partial charge in [-0.15, -0.1) is 0 Å². The number of rotatable bonds is 14. The molecule has 2 nitrogen and oxygen atoms in total. The molecular formula is C23H36O2. The van der Waals surface area contributed by atoms with Crippen LogP contribution in [0.15, 0.2) is 36.4 Å². The number of epoxide rings is 1. The van der Waals surface area contributed by atoms with Crippen molar-refractivity contribution in [1.29, 1.82) is 0 Å². The third-order valence-electron chi connectivity index (χ3n) is 4.84. The van der Waals surface area contributed by atoms with Gasteiger partial charge in [0.1, 0.15) is 18.0 Å². The van der Waals surface area contributed by atoms with Gasteiger partial charge in [0.15, 0.2) is 0 Å². The molecule has 0 saturated carbocycles. The van der Waals surface area contributed by atoms with E-state index >= 15 is 0 Å². The summed E-state index contributed by atoms with van der Waals surface area (Å²) in [5.74, 6) is 0.953. The summed E-state index contributed by atoms with van der Waals surface area (Å²) >= 11 is 0. The number of aryl methyl sites for hydroxylation is 1. The summed E-state index contributed by atoms with van der Waals surface area (Å²) < 4.78 is 11.1. The first-order chi connectivity index (χ1) is 12.2. The molecule has 2 rings (SSSR count). The molecule has 0 amide bonds. The van der Waals surface area contributed by atoms with Crippen LogP contribution < -0.4 is 4.74 Å². The van der Waals surface area contributed by atoms with Crippen LogP contribution in [-0.4, -0.2) is 18.8 Å². The van der Waals surface area contributed by atoms with Crippen molar-refractivity contribution in [2.45, 2.75) is 83.7 Å². The first-order valence-corrected chi connectivity index (χ1v) is 10.2. The number of benzene rings is 1. The molecule has 25 heavy (non-hydrogen) atoms. The molecule has 0 radical (unpaired) electrons. The van der Waals surface area contributed by atoms with Crippen molar-refractivity contribution in [2.75, 3.05) is 13.2 Å². The van der Waals surface area contributed by atoms with Crippen LogP contribution in [0.1, 0.15) is 77.2 Å². The van der Waals surface area contributed by atoms with Gasteiger partial charge in [-0.3, -0.25) is 0 Å². The number of unbranched alkanes of at least 4 members (excludes halogenated alkanes) is 7. The summed E-state index contributed by atoms with van der Waals surface area (Å²) in [5, 5.41) is 0. The summed E-state index contributed by atoms with van der Waals surface area (Å²) in [4.78, 5) is 0. The van der Waals surface area contributed by atoms with Crippen LogP contribution in [0.25, 0.3) is 0 Å². The Bertz CT molecular complexity index is 485. The van der Waals surface area contributed by atoms with Crippen molar-refractivity contribution >= 4 is 0 Å². The second-order valence-electron chi connectivity index (χ2n) is 7.56. The van der Waals surface area contributed by atoms with E-state index in [-0.39, 0.29) is 5.60 Å². The van der Waals surface area contributed by atoms with E-state index in [1.165, 1.54) is 69.8 Å². The van der Waals surface area contributed by atoms with E-state index in [4.69, 9.17) is 9.47 Å². The van der Waals surface area contributed by atoms with E-state index in [1.807, 2.05) is 0 Å². The van der Waals surface area contributed by atoms with E-state index in [0.29, 0.717) is 6.61 Å². The average molecular weight is 345 g/mol. The Labute approximate surface area is 154 Å². The molecule has 1 aliphatic rings. The van der Waals surface area contributed by atoms with Crippen LogP contribution in [0.3, 0.4) is 0 Å². The molecule has 0 bridgehead atoms. The molecule has 1 saturated heterocycles. The van der Waals surface area contributed by atoms with Gasteiger partial charge in [-0.25, -0.2) is 0 Å². The highest BCUT2D eigenvalue weighted by Crippen LogP contribution is 2.27. The van der Waals surface area contributed by atoms with Crippen molar-refractivity contribution in [2.24, 2.45) is 0 Å². The Hall–Kier alpha value is -1.28. The Morgan fingerprint density at radius 2 is 1.60 bits per heavy atom. The fourth-order valence-corrected chi connectivity index (χ4v) is 2.95. The molecule has 2 heteroatoms. The minimum absolute atomic E-state index is 0.0368. The van der Waals surface area contributed by atoms with E-state index < -0.39 is 0 Å². The van der Waals surface area contributed by atoms with Crippen LogP contribution in [0.5, 0.6) is 5.75 Å². The third kappa shape index (κ3) is 9.11. The highest BCUT2D eigenvalue weighted by atomic mass is 16.6. The molecule has 0 aromatic heterocycles. The lowest BCUT2D eigenvalue weighted by atomic mass is 10.0. The summed E-state index contributed by atoms with van der Waals surface area (Å²) in [6.07, 6.45) is 17.8. The largest absolute Gasteiger partial charge is 0.491 e. The minimum Gasteiger partial charge on any atom is -0.491 e. The molecule has 1 aliphatic heterocycles. The lowest BCUT2D eigenvalue weighted by Crippen LogP contribution is -2.16. The number of hydrogen-bond donors (Lipinski definition) is 0. The van der Waals surface area contributed by atoms with Gasteiger partial charge in [0.25, 0.3) is 0 Å². The van der Waals surface area contributed by atoms with Gasteiger partial charge < -0.3 is 9.47 Å². The van der Waals surface area contributed by atoms with E-state index in [1.54, 1.807) is 0 Å². The molecule has 0 spiro atoms. The van der Waals surface area contributed by atoms with Crippen LogP contribution in [0, 0.1) is 0 Å². The Kier molecular flexibility index (Phi) is 9.10. The van der Waals surface area contributed by atoms with E-state index in [2.05, 4.69) is 50.3 Å². The summed E-state index contributed by atoms with van der Waals surface area (Å²) in [5.41, 5.74) is 1.38. The molecule has 140 valence electrons. The molecule has 0 N–H and O–H groups in total. The highest BCUT2D eigenvalue weighted by molar-refractivity contribution is 5.27. The average Bonchev–Trinajstić information content (AvgIpc) is 3.37. The number of allylic oxidation sites excluding steroid dienone is 2. The summed E-state index contributed by atoms with van der Waals surface area (Å²) in [7, 11) is 0. The SMILES string of the molecule is CC/C=C/CCCCCCCCCc1ccc(OCC2(C)CO2)cc1. The zero-order chi connectivity index (χ0) is 17.8. The van der Waals surface area contributed by atoms with Crippen LogP contribution in [0.4, 0.5) is 0 Å². The van der Waals surface area contributed by atoms with Gasteiger partial charge in [0.2, 0.25) is 0 Å². The van der Waals surface area contributed by atoms with Gasteiger partial charge in [-0.2, -0.15) is 0 Å². The zero-order valence-corrected chi connectivity index (χ0v) is 16.3. The molecule has 1 atom stereocenters. The first kappa shape index (κ1) is 20.0. The second-order valence-corrected chi connectivity index (χ2v) is 7.56. The highest BCUT2D eigenvalue weighted by Gasteiger charge is 2.40. The molecule has 1 fully saturated rings. The first-order valence-electron chi connectivity index (χ1n) is 10.2. The van der Waals surface area contributed by atoms with Crippen molar-refractivity contribution in [1.82, 2.24) is 0 Å². The second kappa shape index (κ2) is 11.4. The molecule has 1 unspecified atom stereocenters. The zero-order valence-electron chi connectivity index (χ0n) is 16.3. The van der Waals surface area contributed by atoms with Gasteiger partial charge in [0.05, 0.1) is 6.61 Å². The molecular weight excluding hydrogens is 308 g/mol. The van der Waals surface area contributed by atoms with Crippen molar-refractivity contribution < 1.29 is 9.47 Å². The Morgan fingerprint density at radius 3 is 2.24 bits per heavy atom. The standard InChI is InChI=1S/C23H36O2/c1-3-4-5-6-7-8-9-10-11-12-13-14-21-15-17-22(18-16-21)24-19-23(2)20-25-23/h4-5,15-18H,3,6-14,19-20H2,1-2H3/b5-4+. The van der Waals surface area contributed by atoms with Crippen LogP contribution in [0.2, 0.25) is 0 Å². The quantitative estimate of drug-likeness (QED) is 0.219. The van der Waals surface area contributed by atoms with Crippen LogP contribution in [-0.2, 0) is 11.2 Å². The van der Waals surface area contributed by atoms with Crippen molar-refractivity contribution in [3.8, 4) is 5.75 Å². The monoisotopic (exact) mass is 344 g/mol. The minimum atomic E-state index is -0.0368.